The maximum atomic E-state index is 11.7. The summed E-state index contributed by atoms with van der Waals surface area (Å²) in [5.74, 6) is -1.33. The van der Waals surface area contributed by atoms with Crippen molar-refractivity contribution in [3.05, 3.63) is 71.9 Å². The minimum atomic E-state index is -0.793. The Kier molecular flexibility index (Phi) is 3.48. The van der Waals surface area contributed by atoms with Crippen LogP contribution >= 0.6 is 0 Å². The van der Waals surface area contributed by atoms with Crippen LogP contribution in [0.2, 0.25) is 0 Å². The van der Waals surface area contributed by atoms with Gasteiger partial charge in [-0.05, 0) is 30.0 Å². The molecule has 0 spiro atoms. The lowest BCUT2D eigenvalue weighted by atomic mass is 9.99. The molecule has 106 valence electrons. The van der Waals surface area contributed by atoms with Crippen LogP contribution in [0.5, 0.6) is 0 Å². The second-order valence-corrected chi connectivity index (χ2v) is 5.26. The topological polar surface area (TPSA) is 42.2 Å². The van der Waals surface area contributed by atoms with Crippen LogP contribution in [0.3, 0.4) is 0 Å². The van der Waals surface area contributed by atoms with Gasteiger partial charge in [0.15, 0.2) is 0 Å². The number of benzene rings is 2. The molecular formula is C18H17NO2. The Morgan fingerprint density at radius 2 is 1.76 bits per heavy atom. The number of aliphatic carboxylic acids is 1. The average Bonchev–Trinajstić information content (AvgIpc) is 2.81. The molecule has 0 fully saturated rings. The van der Waals surface area contributed by atoms with Crippen molar-refractivity contribution < 1.29 is 9.90 Å². The second kappa shape index (κ2) is 5.44. The van der Waals surface area contributed by atoms with E-state index in [4.69, 9.17) is 0 Å². The Morgan fingerprint density at radius 1 is 1.10 bits per heavy atom. The van der Waals surface area contributed by atoms with E-state index in [0.717, 1.165) is 22.2 Å². The normalized spacial score (nSPS) is 12.4. The third-order valence-electron chi connectivity index (χ3n) is 3.88. The highest BCUT2D eigenvalue weighted by molar-refractivity contribution is 5.82. The van der Waals surface area contributed by atoms with E-state index in [1.54, 1.807) is 0 Å². The number of hydrogen-bond donors (Lipinski definition) is 1. The number of carboxylic acids is 1. The van der Waals surface area contributed by atoms with Crippen molar-refractivity contribution >= 4 is 16.9 Å². The first kappa shape index (κ1) is 13.4. The highest BCUT2D eigenvalue weighted by Gasteiger charge is 2.21. The fourth-order valence-electron chi connectivity index (χ4n) is 2.78. The minimum Gasteiger partial charge on any atom is -0.481 e. The number of carbonyl (C=O) groups is 1. The average molecular weight is 279 g/mol. The molecule has 0 radical (unpaired) electrons. The minimum absolute atomic E-state index is 0.443. The third kappa shape index (κ3) is 2.55. The Bertz CT molecular complexity index is 774. The van der Waals surface area contributed by atoms with Crippen LogP contribution in [0.1, 0.15) is 17.2 Å². The van der Waals surface area contributed by atoms with Crippen molar-refractivity contribution in [1.29, 1.82) is 0 Å². The van der Waals surface area contributed by atoms with Gasteiger partial charge in [0.25, 0.3) is 0 Å². The predicted octanol–water partition coefficient (Wildman–Crippen LogP) is 3.82. The van der Waals surface area contributed by atoms with E-state index in [-0.39, 0.29) is 0 Å². The molecule has 1 aromatic heterocycles. The molecule has 1 N–H and O–H groups in total. The summed E-state index contributed by atoms with van der Waals surface area (Å²) < 4.78 is 2.08. The van der Waals surface area contributed by atoms with Gasteiger partial charge in [0, 0.05) is 17.8 Å². The molecule has 2 aromatic carbocycles. The first-order valence-corrected chi connectivity index (χ1v) is 6.99. The summed E-state index contributed by atoms with van der Waals surface area (Å²) in [4.78, 5) is 11.7. The molecule has 0 aliphatic rings. The third-order valence-corrected chi connectivity index (χ3v) is 3.88. The summed E-state index contributed by atoms with van der Waals surface area (Å²) in [6.07, 6.45) is 0. The van der Waals surface area contributed by atoms with Gasteiger partial charge >= 0.3 is 5.97 Å². The van der Waals surface area contributed by atoms with E-state index >= 15 is 0 Å². The maximum absolute atomic E-state index is 11.7. The van der Waals surface area contributed by atoms with Gasteiger partial charge in [0.2, 0.25) is 0 Å². The highest BCUT2D eigenvalue weighted by Crippen LogP contribution is 2.24. The molecule has 0 amide bonds. The van der Waals surface area contributed by atoms with Gasteiger partial charge in [-0.2, -0.15) is 0 Å². The van der Waals surface area contributed by atoms with Crippen LogP contribution in [-0.4, -0.2) is 15.6 Å². The summed E-state index contributed by atoms with van der Waals surface area (Å²) in [6, 6.07) is 19.6. The standard InChI is InChI=1S/C18H17NO2/c1-13-11-15-9-5-6-10-17(15)19(13)12-16(18(20)21)14-7-3-2-4-8-14/h2-11,16H,12H2,1H3,(H,20,21). The molecule has 3 rings (SSSR count). The molecule has 3 nitrogen and oxygen atoms in total. The summed E-state index contributed by atoms with van der Waals surface area (Å²) in [5, 5.41) is 10.7. The second-order valence-electron chi connectivity index (χ2n) is 5.26. The van der Waals surface area contributed by atoms with E-state index in [1.165, 1.54) is 0 Å². The monoisotopic (exact) mass is 279 g/mol. The number of fused-ring (bicyclic) bond motifs is 1. The molecule has 0 aliphatic carbocycles. The summed E-state index contributed by atoms with van der Waals surface area (Å²) in [7, 11) is 0. The van der Waals surface area contributed by atoms with E-state index in [9.17, 15) is 9.90 Å². The van der Waals surface area contributed by atoms with E-state index in [0.29, 0.717) is 6.54 Å². The van der Waals surface area contributed by atoms with Gasteiger partial charge in [0.1, 0.15) is 0 Å². The lowest BCUT2D eigenvalue weighted by molar-refractivity contribution is -0.139. The largest absolute Gasteiger partial charge is 0.481 e. The molecule has 0 aliphatic heterocycles. The van der Waals surface area contributed by atoms with Crippen molar-refractivity contribution in [2.45, 2.75) is 19.4 Å². The zero-order valence-electron chi connectivity index (χ0n) is 11.9. The number of aryl methyl sites for hydroxylation is 1. The maximum Gasteiger partial charge on any atom is 0.312 e. The van der Waals surface area contributed by atoms with Crippen LogP contribution in [-0.2, 0) is 11.3 Å². The van der Waals surface area contributed by atoms with Gasteiger partial charge in [-0.1, -0.05) is 48.5 Å². The number of aromatic nitrogens is 1. The first-order valence-electron chi connectivity index (χ1n) is 6.99. The van der Waals surface area contributed by atoms with Gasteiger partial charge in [0.05, 0.1) is 5.92 Å². The molecule has 0 bridgehead atoms. The zero-order valence-corrected chi connectivity index (χ0v) is 11.9. The van der Waals surface area contributed by atoms with E-state index in [2.05, 4.69) is 16.7 Å². The highest BCUT2D eigenvalue weighted by atomic mass is 16.4. The molecule has 1 unspecified atom stereocenters. The molecule has 1 atom stereocenters. The van der Waals surface area contributed by atoms with Crippen LogP contribution in [0, 0.1) is 6.92 Å². The smallest absolute Gasteiger partial charge is 0.312 e. The molecule has 21 heavy (non-hydrogen) atoms. The Hall–Kier alpha value is -2.55. The molecule has 3 heteroatoms. The van der Waals surface area contributed by atoms with Crippen molar-refractivity contribution in [2.24, 2.45) is 0 Å². The molecule has 1 heterocycles. The van der Waals surface area contributed by atoms with Crippen molar-refractivity contribution in [1.82, 2.24) is 4.57 Å². The van der Waals surface area contributed by atoms with E-state index < -0.39 is 11.9 Å². The van der Waals surface area contributed by atoms with Crippen LogP contribution in [0.15, 0.2) is 60.7 Å². The lowest BCUT2D eigenvalue weighted by Crippen LogP contribution is -2.18. The predicted molar refractivity (Wildman–Crippen MR) is 83.5 cm³/mol. The van der Waals surface area contributed by atoms with Gasteiger partial charge in [-0.15, -0.1) is 0 Å². The lowest BCUT2D eigenvalue weighted by Gasteiger charge is -2.16. The zero-order chi connectivity index (χ0) is 14.8. The number of para-hydroxylation sites is 1. The van der Waals surface area contributed by atoms with Crippen molar-refractivity contribution in [3.63, 3.8) is 0 Å². The molecule has 0 saturated carbocycles. The molecular weight excluding hydrogens is 262 g/mol. The number of nitrogens with zero attached hydrogens (tertiary/aromatic N) is 1. The fraction of sp³-hybridized carbons (Fsp3) is 0.167. The van der Waals surface area contributed by atoms with Gasteiger partial charge in [-0.3, -0.25) is 4.79 Å². The van der Waals surface area contributed by atoms with Crippen LogP contribution in [0.25, 0.3) is 10.9 Å². The number of hydrogen-bond acceptors (Lipinski definition) is 1. The molecule has 0 saturated heterocycles. The van der Waals surface area contributed by atoms with Gasteiger partial charge < -0.3 is 9.67 Å². The summed E-state index contributed by atoms with van der Waals surface area (Å²) >= 11 is 0. The first-order chi connectivity index (χ1) is 10.2. The van der Waals surface area contributed by atoms with Crippen molar-refractivity contribution in [2.75, 3.05) is 0 Å². The summed E-state index contributed by atoms with van der Waals surface area (Å²) in [5.41, 5.74) is 3.00. The fourth-order valence-corrected chi connectivity index (χ4v) is 2.78. The molecule has 3 aromatic rings. The number of rotatable bonds is 4. The van der Waals surface area contributed by atoms with Crippen LogP contribution < -0.4 is 0 Å². The Labute approximate surface area is 123 Å². The SMILES string of the molecule is Cc1cc2ccccc2n1CC(C(=O)O)c1ccccc1. The Morgan fingerprint density at radius 3 is 2.48 bits per heavy atom. The van der Waals surface area contributed by atoms with Crippen molar-refractivity contribution in [3.8, 4) is 0 Å². The van der Waals surface area contributed by atoms with Crippen LogP contribution in [0.4, 0.5) is 0 Å². The summed E-state index contributed by atoms with van der Waals surface area (Å²) in [6.45, 7) is 2.46. The van der Waals surface area contributed by atoms with E-state index in [1.807, 2.05) is 55.5 Å². The quantitative estimate of drug-likeness (QED) is 0.789. The van der Waals surface area contributed by atoms with Gasteiger partial charge in [-0.25, -0.2) is 0 Å². The Balaban J connectivity index is 2.03. The number of carboxylic acid groups (broad SMARTS) is 1.